The van der Waals surface area contributed by atoms with Crippen LogP contribution in [0.5, 0.6) is 11.5 Å². The number of amides is 1. The smallest absolute Gasteiger partial charge is 0.221 e. The number of nitriles is 1. The highest BCUT2D eigenvalue weighted by Gasteiger charge is 2.04. The molecule has 0 aromatic heterocycles. The van der Waals surface area contributed by atoms with Crippen molar-refractivity contribution in [2.75, 3.05) is 14.2 Å². The molecule has 5 heteroatoms. The van der Waals surface area contributed by atoms with E-state index in [0.29, 0.717) is 11.5 Å². The van der Waals surface area contributed by atoms with Crippen LogP contribution >= 0.6 is 0 Å². The Morgan fingerprint density at radius 2 is 2.00 bits per heavy atom. The number of nitrogens with zero attached hydrogens (tertiary/aromatic N) is 1. The summed E-state index contributed by atoms with van der Waals surface area (Å²) >= 11 is 0. The van der Waals surface area contributed by atoms with Crippen molar-refractivity contribution in [3.63, 3.8) is 0 Å². The SMILES string of the molecule is COc1ccc(/C=C(\C#N)NC(C)=O)cc1OC. The average Bonchev–Trinajstić information content (AvgIpc) is 2.37. The molecule has 0 aliphatic heterocycles. The van der Waals surface area contributed by atoms with E-state index in [1.807, 2.05) is 6.07 Å². The lowest BCUT2D eigenvalue weighted by Gasteiger charge is -2.08. The van der Waals surface area contributed by atoms with Gasteiger partial charge < -0.3 is 14.8 Å². The second-order valence-electron chi connectivity index (χ2n) is 3.47. The molecule has 94 valence electrons. The Kier molecular flexibility index (Phi) is 4.76. The van der Waals surface area contributed by atoms with Gasteiger partial charge in [-0.25, -0.2) is 0 Å². The molecule has 0 saturated carbocycles. The Labute approximate surface area is 106 Å². The van der Waals surface area contributed by atoms with E-state index in [0.717, 1.165) is 5.56 Å². The fraction of sp³-hybridized carbons (Fsp3) is 0.231. The molecule has 1 aromatic carbocycles. The predicted molar refractivity (Wildman–Crippen MR) is 67.0 cm³/mol. The van der Waals surface area contributed by atoms with E-state index in [9.17, 15) is 4.79 Å². The molecule has 0 aliphatic carbocycles. The summed E-state index contributed by atoms with van der Waals surface area (Å²) in [6.45, 7) is 1.35. The van der Waals surface area contributed by atoms with Crippen molar-refractivity contribution in [3.05, 3.63) is 29.5 Å². The van der Waals surface area contributed by atoms with E-state index in [4.69, 9.17) is 14.7 Å². The fourth-order valence-corrected chi connectivity index (χ4v) is 1.40. The first kappa shape index (κ1) is 13.6. The molecule has 0 fully saturated rings. The van der Waals surface area contributed by atoms with Crippen LogP contribution in [-0.2, 0) is 4.79 Å². The van der Waals surface area contributed by atoms with Crippen molar-refractivity contribution < 1.29 is 14.3 Å². The molecule has 0 bridgehead atoms. The molecule has 0 saturated heterocycles. The lowest BCUT2D eigenvalue weighted by Crippen LogP contribution is -2.17. The average molecular weight is 246 g/mol. The molecule has 1 amide bonds. The normalized spacial score (nSPS) is 10.4. The van der Waals surface area contributed by atoms with Crippen LogP contribution in [0, 0.1) is 11.3 Å². The largest absolute Gasteiger partial charge is 0.493 e. The zero-order chi connectivity index (χ0) is 13.5. The molecule has 5 nitrogen and oxygen atoms in total. The summed E-state index contributed by atoms with van der Waals surface area (Å²) in [5.41, 5.74) is 0.910. The third kappa shape index (κ3) is 3.52. The minimum Gasteiger partial charge on any atom is -0.493 e. The molecule has 0 atom stereocenters. The number of rotatable bonds is 4. The molecular weight excluding hydrogens is 232 g/mol. The molecule has 1 aromatic rings. The molecule has 0 unspecified atom stereocenters. The summed E-state index contributed by atoms with van der Waals surface area (Å²) in [5, 5.41) is 11.3. The third-order valence-corrected chi connectivity index (χ3v) is 2.15. The van der Waals surface area contributed by atoms with E-state index < -0.39 is 0 Å². The Morgan fingerprint density at radius 1 is 1.33 bits per heavy atom. The first-order valence-corrected chi connectivity index (χ1v) is 5.22. The predicted octanol–water partition coefficient (Wildman–Crippen LogP) is 1.70. The highest BCUT2D eigenvalue weighted by atomic mass is 16.5. The van der Waals surface area contributed by atoms with Crippen molar-refractivity contribution in [1.82, 2.24) is 5.32 Å². The molecule has 18 heavy (non-hydrogen) atoms. The summed E-state index contributed by atoms with van der Waals surface area (Å²) in [6, 6.07) is 7.12. The number of hydrogen-bond donors (Lipinski definition) is 1. The topological polar surface area (TPSA) is 71.3 Å². The Bertz CT molecular complexity index is 515. The van der Waals surface area contributed by atoms with Gasteiger partial charge in [0.25, 0.3) is 0 Å². The minimum atomic E-state index is -0.289. The third-order valence-electron chi connectivity index (χ3n) is 2.15. The molecule has 1 rings (SSSR count). The van der Waals surface area contributed by atoms with Crippen LogP contribution in [0.4, 0.5) is 0 Å². The van der Waals surface area contributed by atoms with Crippen LogP contribution in [0.3, 0.4) is 0 Å². The van der Waals surface area contributed by atoms with E-state index in [1.165, 1.54) is 14.0 Å². The second-order valence-corrected chi connectivity index (χ2v) is 3.47. The Hall–Kier alpha value is -2.48. The van der Waals surface area contributed by atoms with Gasteiger partial charge in [0, 0.05) is 6.92 Å². The van der Waals surface area contributed by atoms with Crippen LogP contribution in [0.25, 0.3) is 6.08 Å². The van der Waals surface area contributed by atoms with Crippen LogP contribution in [0.15, 0.2) is 23.9 Å². The molecule has 1 N–H and O–H groups in total. The summed E-state index contributed by atoms with van der Waals surface area (Å²) in [5.74, 6) is 0.877. The Balaban J connectivity index is 3.07. The van der Waals surface area contributed by atoms with Crippen LogP contribution < -0.4 is 14.8 Å². The lowest BCUT2D eigenvalue weighted by atomic mass is 10.1. The summed E-state index contributed by atoms with van der Waals surface area (Å²) in [6.07, 6.45) is 1.56. The highest BCUT2D eigenvalue weighted by molar-refractivity contribution is 5.78. The number of hydrogen-bond acceptors (Lipinski definition) is 4. The quantitative estimate of drug-likeness (QED) is 0.821. The van der Waals surface area contributed by atoms with Gasteiger partial charge in [-0.05, 0) is 23.8 Å². The van der Waals surface area contributed by atoms with Crippen LogP contribution in [0.2, 0.25) is 0 Å². The van der Waals surface area contributed by atoms with Crippen LogP contribution in [-0.4, -0.2) is 20.1 Å². The molecule has 0 radical (unpaired) electrons. The van der Waals surface area contributed by atoms with Crippen molar-refractivity contribution in [2.45, 2.75) is 6.92 Å². The lowest BCUT2D eigenvalue weighted by molar-refractivity contribution is -0.118. The van der Waals surface area contributed by atoms with Crippen LogP contribution in [0.1, 0.15) is 12.5 Å². The van der Waals surface area contributed by atoms with E-state index in [1.54, 1.807) is 31.4 Å². The number of benzene rings is 1. The fourth-order valence-electron chi connectivity index (χ4n) is 1.40. The van der Waals surface area contributed by atoms with Gasteiger partial charge in [0.2, 0.25) is 5.91 Å². The van der Waals surface area contributed by atoms with Crippen molar-refractivity contribution in [2.24, 2.45) is 0 Å². The van der Waals surface area contributed by atoms with Gasteiger partial charge >= 0.3 is 0 Å². The van der Waals surface area contributed by atoms with Gasteiger partial charge in [-0.3, -0.25) is 4.79 Å². The van der Waals surface area contributed by atoms with Gasteiger partial charge in [-0.1, -0.05) is 6.07 Å². The standard InChI is InChI=1S/C13H14N2O3/c1-9(16)15-11(8-14)6-10-4-5-12(17-2)13(7-10)18-3/h4-7H,1-3H3,(H,15,16)/b11-6+. The second kappa shape index (κ2) is 6.30. The maximum atomic E-state index is 10.9. The number of carbonyl (C=O) groups excluding carboxylic acids is 1. The van der Waals surface area contributed by atoms with E-state index >= 15 is 0 Å². The zero-order valence-corrected chi connectivity index (χ0v) is 10.5. The number of carbonyl (C=O) groups is 1. The minimum absolute atomic E-state index is 0.176. The van der Waals surface area contributed by atoms with Crippen molar-refractivity contribution >= 4 is 12.0 Å². The molecule has 0 heterocycles. The molecule has 0 aliphatic rings. The van der Waals surface area contributed by atoms with E-state index in [-0.39, 0.29) is 11.6 Å². The maximum Gasteiger partial charge on any atom is 0.221 e. The monoisotopic (exact) mass is 246 g/mol. The van der Waals surface area contributed by atoms with Gasteiger partial charge in [-0.2, -0.15) is 5.26 Å². The van der Waals surface area contributed by atoms with Crippen molar-refractivity contribution in [1.29, 1.82) is 5.26 Å². The first-order valence-electron chi connectivity index (χ1n) is 5.22. The maximum absolute atomic E-state index is 10.9. The first-order chi connectivity index (χ1) is 8.60. The van der Waals surface area contributed by atoms with Crippen molar-refractivity contribution in [3.8, 4) is 17.6 Å². The highest BCUT2D eigenvalue weighted by Crippen LogP contribution is 2.28. The summed E-state index contributed by atoms with van der Waals surface area (Å²) in [4.78, 5) is 10.9. The van der Waals surface area contributed by atoms with Gasteiger partial charge in [0.05, 0.1) is 14.2 Å². The summed E-state index contributed by atoms with van der Waals surface area (Å²) in [7, 11) is 3.08. The number of ether oxygens (including phenoxy) is 2. The van der Waals surface area contributed by atoms with Gasteiger partial charge in [-0.15, -0.1) is 0 Å². The van der Waals surface area contributed by atoms with Gasteiger partial charge in [0.1, 0.15) is 11.8 Å². The number of methoxy groups -OCH3 is 2. The zero-order valence-electron chi connectivity index (χ0n) is 10.5. The number of allylic oxidation sites excluding steroid dienone is 1. The summed E-state index contributed by atoms with van der Waals surface area (Å²) < 4.78 is 10.3. The molecule has 0 spiro atoms. The number of nitrogens with one attached hydrogen (secondary N) is 1. The Morgan fingerprint density at radius 3 is 2.50 bits per heavy atom. The van der Waals surface area contributed by atoms with E-state index in [2.05, 4.69) is 5.32 Å². The van der Waals surface area contributed by atoms with Gasteiger partial charge in [0.15, 0.2) is 11.5 Å². The molecular formula is C13H14N2O3.